The maximum atomic E-state index is 12.0. The number of carboxylic acids is 1. The predicted molar refractivity (Wildman–Crippen MR) is 64.5 cm³/mol. The van der Waals surface area contributed by atoms with Crippen LogP contribution in [0, 0.1) is 5.92 Å². The number of rotatable bonds is 4. The van der Waals surface area contributed by atoms with E-state index in [4.69, 9.17) is 5.11 Å². The van der Waals surface area contributed by atoms with Crippen LogP contribution < -0.4 is 5.32 Å². The van der Waals surface area contributed by atoms with Crippen molar-refractivity contribution in [1.29, 1.82) is 0 Å². The van der Waals surface area contributed by atoms with E-state index in [2.05, 4.69) is 5.32 Å². The maximum Gasteiger partial charge on any atom is 0.308 e. The summed E-state index contributed by atoms with van der Waals surface area (Å²) < 4.78 is -0.369. The molecule has 0 aromatic rings. The van der Waals surface area contributed by atoms with E-state index in [0.717, 1.165) is 18.6 Å². The van der Waals surface area contributed by atoms with Crippen LogP contribution in [0.5, 0.6) is 0 Å². The number of hydrogen-bond donors (Lipinski definition) is 2. The van der Waals surface area contributed by atoms with E-state index in [1.165, 1.54) is 0 Å². The van der Waals surface area contributed by atoms with Crippen molar-refractivity contribution < 1.29 is 14.7 Å². The fourth-order valence-electron chi connectivity index (χ4n) is 1.66. The van der Waals surface area contributed by atoms with Crippen molar-refractivity contribution in [2.24, 2.45) is 5.92 Å². The Labute approximate surface area is 100 Å². The molecule has 4 nitrogen and oxygen atoms in total. The van der Waals surface area contributed by atoms with Crippen LogP contribution in [-0.2, 0) is 9.59 Å². The highest BCUT2D eigenvalue weighted by Gasteiger charge is 2.38. The Balaban J connectivity index is 2.54. The van der Waals surface area contributed by atoms with Gasteiger partial charge in [-0.05, 0) is 39.4 Å². The first-order chi connectivity index (χ1) is 7.37. The Morgan fingerprint density at radius 2 is 2.06 bits per heavy atom. The lowest BCUT2D eigenvalue weighted by Crippen LogP contribution is -2.47. The predicted octanol–water partition coefficient (Wildman–Crippen LogP) is 1.50. The lowest BCUT2D eigenvalue weighted by Gasteiger charge is -2.26. The third kappa shape index (κ3) is 2.90. The normalized spacial score (nSPS) is 28.4. The molecule has 0 aromatic heterocycles. The molecule has 0 aliphatic carbocycles. The number of aliphatic carboxylic acids is 1. The molecule has 3 unspecified atom stereocenters. The van der Waals surface area contributed by atoms with Gasteiger partial charge in [0.2, 0.25) is 5.91 Å². The van der Waals surface area contributed by atoms with Gasteiger partial charge < -0.3 is 10.4 Å². The molecule has 1 rings (SSSR count). The molecule has 0 spiro atoms. The van der Waals surface area contributed by atoms with Crippen molar-refractivity contribution in [1.82, 2.24) is 5.32 Å². The Kier molecular flexibility index (Phi) is 4.24. The molecule has 1 aliphatic rings. The quantitative estimate of drug-likeness (QED) is 0.787. The van der Waals surface area contributed by atoms with Gasteiger partial charge in [0.1, 0.15) is 0 Å². The summed E-state index contributed by atoms with van der Waals surface area (Å²) in [6, 6.07) is -0.331. The van der Waals surface area contributed by atoms with Crippen LogP contribution in [0.4, 0.5) is 0 Å². The van der Waals surface area contributed by atoms with E-state index in [1.54, 1.807) is 25.6 Å². The van der Waals surface area contributed by atoms with Crippen molar-refractivity contribution in [2.45, 2.75) is 44.4 Å². The van der Waals surface area contributed by atoms with Crippen LogP contribution in [-0.4, -0.2) is 33.5 Å². The van der Waals surface area contributed by atoms with Gasteiger partial charge in [-0.15, -0.1) is 11.8 Å². The van der Waals surface area contributed by atoms with Crippen molar-refractivity contribution >= 4 is 23.6 Å². The number of nitrogens with one attached hydrogen (secondary N) is 1. The Bertz CT molecular complexity index is 287. The molecule has 92 valence electrons. The van der Waals surface area contributed by atoms with Crippen LogP contribution in [0.2, 0.25) is 0 Å². The van der Waals surface area contributed by atoms with Gasteiger partial charge >= 0.3 is 5.97 Å². The van der Waals surface area contributed by atoms with E-state index in [9.17, 15) is 9.59 Å². The molecule has 3 atom stereocenters. The first-order valence-electron chi connectivity index (χ1n) is 5.54. The number of hydrogen-bond acceptors (Lipinski definition) is 3. The topological polar surface area (TPSA) is 66.4 Å². The zero-order valence-electron chi connectivity index (χ0n) is 9.95. The Hall–Kier alpha value is -0.710. The van der Waals surface area contributed by atoms with E-state index in [-0.39, 0.29) is 16.7 Å². The van der Waals surface area contributed by atoms with Crippen molar-refractivity contribution in [2.75, 3.05) is 5.75 Å². The van der Waals surface area contributed by atoms with E-state index >= 15 is 0 Å². The van der Waals surface area contributed by atoms with Crippen molar-refractivity contribution in [3.8, 4) is 0 Å². The second kappa shape index (κ2) is 5.08. The highest BCUT2D eigenvalue weighted by molar-refractivity contribution is 8.01. The van der Waals surface area contributed by atoms with Gasteiger partial charge in [-0.25, -0.2) is 0 Å². The first-order valence-corrected chi connectivity index (χ1v) is 6.53. The Morgan fingerprint density at radius 1 is 1.44 bits per heavy atom. The van der Waals surface area contributed by atoms with Crippen LogP contribution in [0.15, 0.2) is 0 Å². The second-order valence-electron chi connectivity index (χ2n) is 4.57. The third-order valence-corrected chi connectivity index (χ3v) is 4.72. The second-order valence-corrected chi connectivity index (χ2v) is 6.17. The maximum absolute atomic E-state index is 12.0. The summed E-state index contributed by atoms with van der Waals surface area (Å²) in [7, 11) is 0. The zero-order chi connectivity index (χ0) is 12.3. The SMILES string of the molecule is CC(NC(=O)C1(C)CCCS1)C(C)C(=O)O. The number of carboxylic acid groups (broad SMARTS) is 1. The van der Waals surface area contributed by atoms with Crippen LogP contribution in [0.1, 0.15) is 33.6 Å². The highest BCUT2D eigenvalue weighted by atomic mass is 32.2. The van der Waals surface area contributed by atoms with Gasteiger partial charge in [-0.3, -0.25) is 9.59 Å². The molecule has 0 bridgehead atoms. The minimum Gasteiger partial charge on any atom is -0.481 e. The number of amides is 1. The molecule has 0 aromatic carbocycles. The summed E-state index contributed by atoms with van der Waals surface area (Å²) in [5.74, 6) is -0.459. The Morgan fingerprint density at radius 3 is 2.50 bits per heavy atom. The molecule has 16 heavy (non-hydrogen) atoms. The molecule has 1 fully saturated rings. The largest absolute Gasteiger partial charge is 0.481 e. The fourth-order valence-corrected chi connectivity index (χ4v) is 2.87. The van der Waals surface area contributed by atoms with Crippen molar-refractivity contribution in [3.63, 3.8) is 0 Å². The van der Waals surface area contributed by atoms with Gasteiger partial charge in [0, 0.05) is 6.04 Å². The smallest absolute Gasteiger partial charge is 0.308 e. The fraction of sp³-hybridized carbons (Fsp3) is 0.818. The number of carbonyl (C=O) groups excluding carboxylic acids is 1. The lowest BCUT2D eigenvalue weighted by atomic mass is 10.0. The summed E-state index contributed by atoms with van der Waals surface area (Å²) >= 11 is 1.66. The van der Waals surface area contributed by atoms with E-state index in [0.29, 0.717) is 0 Å². The molecule has 0 radical (unpaired) electrons. The molecule has 1 amide bonds. The summed E-state index contributed by atoms with van der Waals surface area (Å²) in [5.41, 5.74) is 0. The van der Waals surface area contributed by atoms with Gasteiger partial charge in [0.15, 0.2) is 0 Å². The molecule has 1 saturated heterocycles. The van der Waals surface area contributed by atoms with Gasteiger partial charge in [-0.1, -0.05) is 0 Å². The van der Waals surface area contributed by atoms with E-state index < -0.39 is 11.9 Å². The van der Waals surface area contributed by atoms with Gasteiger partial charge in [0.25, 0.3) is 0 Å². The highest BCUT2D eigenvalue weighted by Crippen LogP contribution is 2.37. The summed E-state index contributed by atoms with van der Waals surface area (Å²) in [6.45, 7) is 5.27. The summed E-state index contributed by atoms with van der Waals surface area (Å²) in [6.07, 6.45) is 1.93. The van der Waals surface area contributed by atoms with E-state index in [1.807, 2.05) is 6.92 Å². The molecular formula is C11H19NO3S. The zero-order valence-corrected chi connectivity index (χ0v) is 10.8. The summed E-state index contributed by atoms with van der Waals surface area (Å²) in [4.78, 5) is 22.7. The molecule has 0 saturated carbocycles. The standard InChI is InChI=1S/C11H19NO3S/c1-7(9(13)14)8(2)12-10(15)11(3)5-4-6-16-11/h7-8H,4-6H2,1-3H3,(H,12,15)(H,13,14). The van der Waals surface area contributed by atoms with Crippen LogP contribution >= 0.6 is 11.8 Å². The van der Waals surface area contributed by atoms with Gasteiger partial charge in [-0.2, -0.15) is 0 Å². The third-order valence-electron chi connectivity index (χ3n) is 3.20. The van der Waals surface area contributed by atoms with Crippen LogP contribution in [0.3, 0.4) is 0 Å². The van der Waals surface area contributed by atoms with Gasteiger partial charge in [0.05, 0.1) is 10.7 Å². The summed E-state index contributed by atoms with van der Waals surface area (Å²) in [5, 5.41) is 11.6. The molecule has 1 aliphatic heterocycles. The average molecular weight is 245 g/mol. The minimum atomic E-state index is -0.878. The first kappa shape index (κ1) is 13.4. The van der Waals surface area contributed by atoms with Crippen LogP contribution in [0.25, 0.3) is 0 Å². The number of thioether (sulfide) groups is 1. The molecule has 5 heteroatoms. The minimum absolute atomic E-state index is 0.0319. The molecule has 2 N–H and O–H groups in total. The molecular weight excluding hydrogens is 226 g/mol. The lowest BCUT2D eigenvalue weighted by molar-refractivity contribution is -0.142. The monoisotopic (exact) mass is 245 g/mol. The number of carbonyl (C=O) groups is 2. The van der Waals surface area contributed by atoms with Crippen molar-refractivity contribution in [3.05, 3.63) is 0 Å². The molecule has 1 heterocycles. The average Bonchev–Trinajstić information content (AvgIpc) is 2.65.